The zero-order valence-corrected chi connectivity index (χ0v) is 16.7. The highest BCUT2D eigenvalue weighted by Crippen LogP contribution is 2.37. The summed E-state index contributed by atoms with van der Waals surface area (Å²) < 4.78 is 45.9. The van der Waals surface area contributed by atoms with Gasteiger partial charge in [-0.3, -0.25) is 14.9 Å². The molecule has 2 N–H and O–H groups in total. The van der Waals surface area contributed by atoms with E-state index in [4.69, 9.17) is 4.74 Å². The molecule has 1 aromatic carbocycles. The molecule has 0 radical (unpaired) electrons. The predicted molar refractivity (Wildman–Crippen MR) is 105 cm³/mol. The number of benzene rings is 1. The molecule has 2 aromatic rings. The fourth-order valence-corrected chi connectivity index (χ4v) is 3.50. The zero-order valence-electron chi connectivity index (χ0n) is 16.7. The SMILES string of the molecule is O=COC(CC1CCNCC1)c1ncnc(Nc2ccc(OC(F)(F)F)cc2)c1[N+](=O)[O-]. The highest BCUT2D eigenvalue weighted by molar-refractivity contribution is 5.67. The van der Waals surface area contributed by atoms with Gasteiger partial charge in [-0.2, -0.15) is 0 Å². The maximum atomic E-state index is 12.3. The Morgan fingerprint density at radius 3 is 2.53 bits per heavy atom. The molecule has 3 rings (SSSR count). The number of nitro groups is 1. The number of halogens is 3. The molecule has 13 heteroatoms. The topological polar surface area (TPSA) is 129 Å². The molecule has 0 bridgehead atoms. The van der Waals surface area contributed by atoms with Crippen LogP contribution in [-0.2, 0) is 9.53 Å². The summed E-state index contributed by atoms with van der Waals surface area (Å²) >= 11 is 0. The lowest BCUT2D eigenvalue weighted by Crippen LogP contribution is -2.29. The average molecular weight is 455 g/mol. The smallest absolute Gasteiger partial charge is 0.458 e. The minimum Gasteiger partial charge on any atom is -0.458 e. The minimum absolute atomic E-state index is 0.0600. The van der Waals surface area contributed by atoms with Gasteiger partial charge in [0.05, 0.1) is 4.92 Å². The number of rotatable bonds is 9. The molecule has 1 aliphatic rings. The third-order valence-corrected chi connectivity index (χ3v) is 4.91. The van der Waals surface area contributed by atoms with Crippen molar-refractivity contribution < 1.29 is 32.4 Å². The van der Waals surface area contributed by atoms with Crippen LogP contribution >= 0.6 is 0 Å². The van der Waals surface area contributed by atoms with Crippen LogP contribution in [0.1, 0.15) is 31.1 Å². The summed E-state index contributed by atoms with van der Waals surface area (Å²) in [6.45, 7) is 1.82. The van der Waals surface area contributed by atoms with Gasteiger partial charge in [-0.15, -0.1) is 13.2 Å². The van der Waals surface area contributed by atoms with Gasteiger partial charge in [0.2, 0.25) is 5.82 Å². The Morgan fingerprint density at radius 2 is 1.94 bits per heavy atom. The summed E-state index contributed by atoms with van der Waals surface area (Å²) in [5, 5.41) is 17.7. The van der Waals surface area contributed by atoms with Gasteiger partial charge in [0.25, 0.3) is 6.47 Å². The number of aromatic nitrogens is 2. The first-order valence-corrected chi connectivity index (χ1v) is 9.68. The Kier molecular flexibility index (Phi) is 7.41. The van der Waals surface area contributed by atoms with Crippen LogP contribution in [-0.4, -0.2) is 40.8 Å². The predicted octanol–water partition coefficient (Wildman–Crippen LogP) is 3.63. The van der Waals surface area contributed by atoms with Crippen molar-refractivity contribution in [3.8, 4) is 5.75 Å². The standard InChI is InChI=1S/C19H20F3N5O5/c20-19(21,22)32-14-3-1-13(2-4-14)26-18-17(27(29)30)16(24-10-25-18)15(31-11-28)9-12-5-7-23-8-6-12/h1-4,10-12,15,23H,5-9H2,(H,24,25,26). The molecule has 172 valence electrons. The lowest BCUT2D eigenvalue weighted by molar-refractivity contribution is -0.385. The molecule has 32 heavy (non-hydrogen) atoms. The summed E-state index contributed by atoms with van der Waals surface area (Å²) in [5.74, 6) is -0.440. The Morgan fingerprint density at radius 1 is 1.25 bits per heavy atom. The van der Waals surface area contributed by atoms with E-state index < -0.39 is 28.8 Å². The summed E-state index contributed by atoms with van der Waals surface area (Å²) in [5.41, 5.74) is -0.308. The number of anilines is 2. The first-order chi connectivity index (χ1) is 15.3. The third-order valence-electron chi connectivity index (χ3n) is 4.91. The molecule has 1 saturated heterocycles. The van der Waals surface area contributed by atoms with Gasteiger partial charge < -0.3 is 20.1 Å². The van der Waals surface area contributed by atoms with E-state index in [2.05, 4.69) is 25.3 Å². The largest absolute Gasteiger partial charge is 0.573 e. The van der Waals surface area contributed by atoms with Gasteiger partial charge in [-0.25, -0.2) is 9.97 Å². The summed E-state index contributed by atoms with van der Waals surface area (Å²) in [6.07, 6.45) is -2.67. The molecule has 1 aromatic heterocycles. The molecule has 0 spiro atoms. The number of ether oxygens (including phenoxy) is 2. The second-order valence-corrected chi connectivity index (χ2v) is 7.06. The summed E-state index contributed by atoms with van der Waals surface area (Å²) in [4.78, 5) is 30.1. The third kappa shape index (κ3) is 6.26. The van der Waals surface area contributed by atoms with E-state index >= 15 is 0 Å². The van der Waals surface area contributed by atoms with Crippen molar-refractivity contribution in [3.05, 3.63) is 46.4 Å². The Balaban J connectivity index is 1.86. The van der Waals surface area contributed by atoms with E-state index in [1.54, 1.807) is 0 Å². The van der Waals surface area contributed by atoms with Gasteiger partial charge in [-0.1, -0.05) is 0 Å². The van der Waals surface area contributed by atoms with Crippen molar-refractivity contribution in [2.45, 2.75) is 31.7 Å². The van der Waals surface area contributed by atoms with E-state index in [-0.39, 0.29) is 29.6 Å². The van der Waals surface area contributed by atoms with Crippen LogP contribution in [0.25, 0.3) is 0 Å². The summed E-state index contributed by atoms with van der Waals surface area (Å²) in [7, 11) is 0. The Hall–Kier alpha value is -3.48. The number of nitrogens with one attached hydrogen (secondary N) is 2. The minimum atomic E-state index is -4.84. The van der Waals surface area contributed by atoms with Gasteiger partial charge >= 0.3 is 12.0 Å². The van der Waals surface area contributed by atoms with Crippen molar-refractivity contribution in [2.75, 3.05) is 18.4 Å². The van der Waals surface area contributed by atoms with Crippen LogP contribution in [0.15, 0.2) is 30.6 Å². The zero-order chi connectivity index (χ0) is 23.1. The first kappa shape index (κ1) is 23.2. The fraction of sp³-hybridized carbons (Fsp3) is 0.421. The van der Waals surface area contributed by atoms with Gasteiger partial charge in [0.15, 0.2) is 11.8 Å². The van der Waals surface area contributed by atoms with Crippen LogP contribution in [0.2, 0.25) is 0 Å². The molecule has 0 amide bonds. The quantitative estimate of drug-likeness (QED) is 0.331. The lowest BCUT2D eigenvalue weighted by Gasteiger charge is -2.25. The highest BCUT2D eigenvalue weighted by atomic mass is 19.4. The van der Waals surface area contributed by atoms with Crippen LogP contribution in [0, 0.1) is 16.0 Å². The van der Waals surface area contributed by atoms with Crippen LogP contribution < -0.4 is 15.4 Å². The van der Waals surface area contributed by atoms with E-state index in [0.29, 0.717) is 6.42 Å². The molecule has 10 nitrogen and oxygen atoms in total. The van der Waals surface area contributed by atoms with Crippen LogP contribution in [0.4, 0.5) is 30.4 Å². The van der Waals surface area contributed by atoms with Crippen LogP contribution in [0.5, 0.6) is 5.75 Å². The molecule has 1 atom stereocenters. The fourth-order valence-electron chi connectivity index (χ4n) is 3.50. The molecule has 1 unspecified atom stereocenters. The van der Waals surface area contributed by atoms with E-state index in [1.165, 1.54) is 12.1 Å². The van der Waals surface area contributed by atoms with E-state index in [1.807, 2.05) is 0 Å². The molecular weight excluding hydrogens is 435 g/mol. The molecule has 2 heterocycles. The van der Waals surface area contributed by atoms with Crippen molar-refractivity contribution in [3.63, 3.8) is 0 Å². The number of alkyl halides is 3. The number of hydrogen-bond acceptors (Lipinski definition) is 9. The maximum absolute atomic E-state index is 12.3. The van der Waals surface area contributed by atoms with Gasteiger partial charge in [-0.05, 0) is 62.5 Å². The van der Waals surface area contributed by atoms with Gasteiger partial charge in [0, 0.05) is 5.69 Å². The number of piperidine rings is 1. The van der Waals surface area contributed by atoms with E-state index in [9.17, 15) is 28.1 Å². The molecule has 1 fully saturated rings. The van der Waals surface area contributed by atoms with Crippen molar-refractivity contribution in [1.29, 1.82) is 0 Å². The number of carbonyl (C=O) groups is 1. The molecular formula is C19H20F3N5O5. The molecule has 0 aliphatic carbocycles. The van der Waals surface area contributed by atoms with Crippen LogP contribution in [0.3, 0.4) is 0 Å². The van der Waals surface area contributed by atoms with E-state index in [0.717, 1.165) is 44.4 Å². The van der Waals surface area contributed by atoms with Crippen molar-refractivity contribution in [2.24, 2.45) is 5.92 Å². The maximum Gasteiger partial charge on any atom is 0.573 e. The Bertz CT molecular complexity index is 936. The molecule has 0 saturated carbocycles. The van der Waals surface area contributed by atoms with Crippen molar-refractivity contribution >= 4 is 23.7 Å². The Labute approximate surface area is 180 Å². The monoisotopic (exact) mass is 455 g/mol. The number of carbonyl (C=O) groups excluding carboxylic acids is 1. The second kappa shape index (κ2) is 10.2. The summed E-state index contributed by atoms with van der Waals surface area (Å²) in [6, 6.07) is 4.61. The number of nitrogens with zero attached hydrogens (tertiary/aromatic N) is 3. The normalized spacial score (nSPS) is 15.6. The van der Waals surface area contributed by atoms with Gasteiger partial charge in [0.1, 0.15) is 12.1 Å². The number of hydrogen-bond donors (Lipinski definition) is 2. The van der Waals surface area contributed by atoms with Crippen molar-refractivity contribution in [1.82, 2.24) is 15.3 Å². The second-order valence-electron chi connectivity index (χ2n) is 7.06. The average Bonchev–Trinajstić information content (AvgIpc) is 2.74. The molecule has 1 aliphatic heterocycles. The first-order valence-electron chi connectivity index (χ1n) is 9.68. The lowest BCUT2D eigenvalue weighted by atomic mass is 9.90. The highest BCUT2D eigenvalue weighted by Gasteiger charge is 2.33.